The minimum Gasteiger partial charge on any atom is -0.383 e. The van der Waals surface area contributed by atoms with E-state index in [1.165, 1.54) is 5.56 Å². The average Bonchev–Trinajstić information content (AvgIpc) is 3.49. The molecular formula is C26H30N6O2. The van der Waals surface area contributed by atoms with Gasteiger partial charge < -0.3 is 24.2 Å². The third-order valence-electron chi connectivity index (χ3n) is 8.29. The highest BCUT2D eigenvalue weighted by Crippen LogP contribution is 2.64. The largest absolute Gasteiger partial charge is 0.383 e. The van der Waals surface area contributed by atoms with Gasteiger partial charge in [0.25, 0.3) is 0 Å². The van der Waals surface area contributed by atoms with Crippen LogP contribution in [-0.2, 0) is 15.9 Å². The van der Waals surface area contributed by atoms with Crippen molar-refractivity contribution in [1.82, 2.24) is 23.9 Å². The fourth-order valence-corrected chi connectivity index (χ4v) is 7.07. The Morgan fingerprint density at radius 1 is 1.09 bits per heavy atom. The van der Waals surface area contributed by atoms with E-state index in [2.05, 4.69) is 55.2 Å². The third-order valence-corrected chi connectivity index (χ3v) is 8.29. The Kier molecular flexibility index (Phi) is 4.08. The molecule has 0 radical (unpaired) electrons. The van der Waals surface area contributed by atoms with Gasteiger partial charge in [0.15, 0.2) is 5.79 Å². The van der Waals surface area contributed by atoms with Gasteiger partial charge in [-0.3, -0.25) is 0 Å². The molecule has 7 rings (SSSR count). The molecule has 2 N–H and O–H groups in total. The first-order valence-electron chi connectivity index (χ1n) is 12.2. The highest BCUT2D eigenvalue weighted by atomic mass is 16.8. The SMILES string of the molecule is Cc1cc2c(N)ncnc2n1[C@@H]1CC2(CC(Cc3ccn4ccnc4c3)C2)[C@H]2OC(C)(C)O[C@@H]12. The van der Waals surface area contributed by atoms with Crippen LogP contribution in [0.5, 0.6) is 0 Å². The van der Waals surface area contributed by atoms with Crippen LogP contribution in [0.3, 0.4) is 0 Å². The van der Waals surface area contributed by atoms with E-state index in [0.717, 1.165) is 48.1 Å². The van der Waals surface area contributed by atoms with Crippen molar-refractivity contribution in [2.75, 3.05) is 5.73 Å². The van der Waals surface area contributed by atoms with E-state index in [-0.39, 0.29) is 23.7 Å². The third kappa shape index (κ3) is 2.88. The first-order chi connectivity index (χ1) is 16.3. The minimum atomic E-state index is -0.581. The number of imidazole rings is 1. The Hall–Kier alpha value is -2.97. The number of rotatable bonds is 3. The number of nitrogens with two attached hydrogens (primary N) is 1. The van der Waals surface area contributed by atoms with Crippen molar-refractivity contribution in [3.05, 3.63) is 54.4 Å². The molecule has 34 heavy (non-hydrogen) atoms. The Morgan fingerprint density at radius 2 is 1.94 bits per heavy atom. The summed E-state index contributed by atoms with van der Waals surface area (Å²) < 4.78 is 17.5. The molecule has 0 aromatic carbocycles. The van der Waals surface area contributed by atoms with Crippen LogP contribution < -0.4 is 5.73 Å². The predicted octanol–water partition coefficient (Wildman–Crippen LogP) is 4.07. The number of nitrogens with zero attached hydrogens (tertiary/aromatic N) is 5. The zero-order chi connectivity index (χ0) is 23.2. The Labute approximate surface area is 198 Å². The number of ether oxygens (including phenoxy) is 2. The zero-order valence-electron chi connectivity index (χ0n) is 19.8. The van der Waals surface area contributed by atoms with Gasteiger partial charge in [-0.25, -0.2) is 15.0 Å². The quantitative estimate of drug-likeness (QED) is 0.497. The van der Waals surface area contributed by atoms with Crippen molar-refractivity contribution >= 4 is 22.5 Å². The second kappa shape index (κ2) is 6.79. The summed E-state index contributed by atoms with van der Waals surface area (Å²) in [6.45, 7) is 6.19. The van der Waals surface area contributed by atoms with Crippen LogP contribution in [0.25, 0.3) is 16.7 Å². The lowest BCUT2D eigenvalue weighted by molar-refractivity contribution is -0.181. The number of aryl methyl sites for hydroxylation is 1. The molecule has 5 heterocycles. The fourth-order valence-electron chi connectivity index (χ4n) is 7.07. The average molecular weight is 459 g/mol. The van der Waals surface area contributed by atoms with Gasteiger partial charge in [0.2, 0.25) is 0 Å². The summed E-state index contributed by atoms with van der Waals surface area (Å²) >= 11 is 0. The summed E-state index contributed by atoms with van der Waals surface area (Å²) in [4.78, 5) is 13.2. The van der Waals surface area contributed by atoms with E-state index in [1.54, 1.807) is 6.33 Å². The molecule has 8 heteroatoms. The van der Waals surface area contributed by atoms with E-state index in [4.69, 9.17) is 15.2 Å². The van der Waals surface area contributed by atoms with Crippen LogP contribution >= 0.6 is 0 Å². The summed E-state index contributed by atoms with van der Waals surface area (Å²) in [7, 11) is 0. The van der Waals surface area contributed by atoms with Crippen LogP contribution in [0.2, 0.25) is 0 Å². The lowest BCUT2D eigenvalue weighted by Crippen LogP contribution is -2.46. The Bertz CT molecular complexity index is 1420. The summed E-state index contributed by atoms with van der Waals surface area (Å²) in [6, 6.07) is 6.70. The van der Waals surface area contributed by atoms with E-state index in [9.17, 15) is 0 Å². The molecule has 2 saturated carbocycles. The summed E-state index contributed by atoms with van der Waals surface area (Å²) in [5.74, 6) is 0.589. The van der Waals surface area contributed by atoms with Crippen molar-refractivity contribution in [3.63, 3.8) is 0 Å². The van der Waals surface area contributed by atoms with Gasteiger partial charge in [-0.05, 0) is 76.1 Å². The molecule has 8 nitrogen and oxygen atoms in total. The van der Waals surface area contributed by atoms with Crippen LogP contribution in [-0.4, -0.2) is 41.9 Å². The number of pyridine rings is 1. The van der Waals surface area contributed by atoms with Crippen molar-refractivity contribution in [3.8, 4) is 0 Å². The van der Waals surface area contributed by atoms with Gasteiger partial charge in [0.1, 0.15) is 29.5 Å². The van der Waals surface area contributed by atoms with Gasteiger partial charge in [-0.15, -0.1) is 0 Å². The second-order valence-corrected chi connectivity index (χ2v) is 11.0. The maximum Gasteiger partial charge on any atom is 0.163 e. The predicted molar refractivity (Wildman–Crippen MR) is 128 cm³/mol. The first-order valence-corrected chi connectivity index (χ1v) is 12.2. The summed E-state index contributed by atoms with van der Waals surface area (Å²) in [6.07, 6.45) is 12.0. The van der Waals surface area contributed by atoms with Crippen LogP contribution in [0.1, 0.15) is 50.4 Å². The molecule has 1 saturated heterocycles. The molecule has 4 aromatic heterocycles. The molecule has 4 aromatic rings. The van der Waals surface area contributed by atoms with Crippen molar-refractivity contribution in [1.29, 1.82) is 0 Å². The number of hydrogen-bond acceptors (Lipinski definition) is 6. The summed E-state index contributed by atoms with van der Waals surface area (Å²) in [5, 5.41) is 0.913. The maximum absolute atomic E-state index is 6.57. The van der Waals surface area contributed by atoms with Crippen LogP contribution in [0, 0.1) is 18.3 Å². The van der Waals surface area contributed by atoms with Crippen molar-refractivity contribution in [2.24, 2.45) is 11.3 Å². The van der Waals surface area contributed by atoms with E-state index in [1.807, 2.05) is 26.2 Å². The molecule has 0 unspecified atom stereocenters. The Balaban J connectivity index is 1.19. The molecule has 3 aliphatic rings. The molecule has 0 amide bonds. The number of fused-ring (bicyclic) bond motifs is 4. The standard InChI is InChI=1S/C26H30N6O2/c1-15-8-18-23(27)29-14-30-24(18)32(15)19-13-26(22-21(19)33-25(2,3)34-22)11-17(12-26)9-16-4-6-31-7-5-28-20(31)10-16/h4-8,10,14,17,19,21-22H,9,11-13H2,1-3H3,(H2,27,29,30)/t17?,19-,21+,22+,26?/m1/s1. The van der Waals surface area contributed by atoms with Crippen LogP contribution in [0.4, 0.5) is 5.82 Å². The molecule has 3 fully saturated rings. The maximum atomic E-state index is 6.57. The zero-order valence-corrected chi connectivity index (χ0v) is 19.8. The molecular weight excluding hydrogens is 428 g/mol. The molecule has 0 bridgehead atoms. The molecule has 3 atom stereocenters. The number of nitrogen functional groups attached to an aromatic ring is 1. The van der Waals surface area contributed by atoms with E-state index < -0.39 is 5.79 Å². The van der Waals surface area contributed by atoms with Gasteiger partial charge >= 0.3 is 0 Å². The smallest absolute Gasteiger partial charge is 0.163 e. The monoisotopic (exact) mass is 458 g/mol. The van der Waals surface area contributed by atoms with Crippen molar-refractivity contribution < 1.29 is 9.47 Å². The highest BCUT2D eigenvalue weighted by Gasteiger charge is 2.65. The van der Waals surface area contributed by atoms with E-state index in [0.29, 0.717) is 11.7 Å². The fraction of sp³-hybridized carbons (Fsp3) is 0.500. The van der Waals surface area contributed by atoms with Gasteiger partial charge in [-0.2, -0.15) is 0 Å². The Morgan fingerprint density at radius 3 is 2.79 bits per heavy atom. The topological polar surface area (TPSA) is 92.5 Å². The minimum absolute atomic E-state index is 0.00251. The second-order valence-electron chi connectivity index (χ2n) is 11.0. The first kappa shape index (κ1) is 20.4. The van der Waals surface area contributed by atoms with Gasteiger partial charge in [-0.1, -0.05) is 0 Å². The number of anilines is 1. The summed E-state index contributed by atoms with van der Waals surface area (Å²) in [5.41, 5.74) is 10.7. The number of hydrogen-bond donors (Lipinski definition) is 1. The van der Waals surface area contributed by atoms with E-state index >= 15 is 0 Å². The van der Waals surface area contributed by atoms with Gasteiger partial charge in [0.05, 0.1) is 17.5 Å². The molecule has 176 valence electrons. The number of aromatic nitrogens is 5. The normalized spacial score (nSPS) is 32.0. The highest BCUT2D eigenvalue weighted by molar-refractivity contribution is 5.87. The lowest BCUT2D eigenvalue weighted by atomic mass is 9.58. The van der Waals surface area contributed by atoms with Gasteiger partial charge in [0, 0.05) is 29.7 Å². The molecule has 1 spiro atoms. The van der Waals surface area contributed by atoms with Crippen LogP contribution in [0.15, 0.2) is 43.1 Å². The molecule has 2 aliphatic carbocycles. The lowest BCUT2D eigenvalue weighted by Gasteiger charge is -2.49. The van der Waals surface area contributed by atoms with Crippen molar-refractivity contribution in [2.45, 2.75) is 70.5 Å². The molecule has 1 aliphatic heterocycles.